The van der Waals surface area contributed by atoms with Gasteiger partial charge >= 0.3 is 0 Å². The van der Waals surface area contributed by atoms with E-state index in [0.29, 0.717) is 5.92 Å². The van der Waals surface area contributed by atoms with Crippen LogP contribution in [0.4, 0.5) is 0 Å². The summed E-state index contributed by atoms with van der Waals surface area (Å²) >= 11 is 0. The van der Waals surface area contributed by atoms with E-state index in [-0.39, 0.29) is 0 Å². The van der Waals surface area contributed by atoms with E-state index in [0.717, 1.165) is 30.2 Å². The lowest BCUT2D eigenvalue weighted by atomic mass is 10.0. The number of nitrogens with one attached hydrogen (secondary N) is 1. The highest BCUT2D eigenvalue weighted by molar-refractivity contribution is 5.31. The van der Waals surface area contributed by atoms with Gasteiger partial charge in [0.15, 0.2) is 0 Å². The van der Waals surface area contributed by atoms with Gasteiger partial charge in [0.25, 0.3) is 0 Å². The van der Waals surface area contributed by atoms with Gasteiger partial charge in [0.2, 0.25) is 5.88 Å². The third kappa shape index (κ3) is 3.64. The minimum atomic E-state index is 0.578. The summed E-state index contributed by atoms with van der Waals surface area (Å²) in [6.45, 7) is 8.04. The predicted molar refractivity (Wildman–Crippen MR) is 85.6 cm³/mol. The molecule has 1 aromatic carbocycles. The molecule has 0 aliphatic carbocycles. The van der Waals surface area contributed by atoms with Crippen molar-refractivity contribution in [2.75, 3.05) is 7.11 Å². The van der Waals surface area contributed by atoms with Gasteiger partial charge in [-0.25, -0.2) is 4.68 Å². The third-order valence-corrected chi connectivity index (χ3v) is 3.76. The van der Waals surface area contributed by atoms with Gasteiger partial charge in [0, 0.05) is 20.1 Å². The highest BCUT2D eigenvalue weighted by Gasteiger charge is 2.12. The molecule has 1 aromatic heterocycles. The first kappa shape index (κ1) is 15.6. The van der Waals surface area contributed by atoms with E-state index in [9.17, 15) is 0 Å². The summed E-state index contributed by atoms with van der Waals surface area (Å²) in [5.41, 5.74) is 4.80. The Morgan fingerprint density at radius 2 is 1.86 bits per heavy atom. The first-order valence-corrected chi connectivity index (χ1v) is 7.39. The van der Waals surface area contributed by atoms with Gasteiger partial charge in [-0.3, -0.25) is 0 Å². The molecule has 0 fully saturated rings. The van der Waals surface area contributed by atoms with Gasteiger partial charge in [-0.1, -0.05) is 38.1 Å². The smallest absolute Gasteiger partial charge is 0.216 e. The number of hydrogen-bond acceptors (Lipinski definition) is 3. The van der Waals surface area contributed by atoms with Crippen LogP contribution in [0.2, 0.25) is 0 Å². The summed E-state index contributed by atoms with van der Waals surface area (Å²) in [5, 5.41) is 7.85. The highest BCUT2D eigenvalue weighted by Crippen LogP contribution is 2.20. The van der Waals surface area contributed by atoms with E-state index in [4.69, 9.17) is 4.74 Å². The number of methoxy groups -OCH3 is 1. The molecule has 1 N–H and O–H groups in total. The molecule has 0 atom stereocenters. The van der Waals surface area contributed by atoms with Gasteiger partial charge in [-0.2, -0.15) is 5.10 Å². The summed E-state index contributed by atoms with van der Waals surface area (Å²) in [7, 11) is 3.59. The molecule has 21 heavy (non-hydrogen) atoms. The first-order chi connectivity index (χ1) is 10.0. The third-order valence-electron chi connectivity index (χ3n) is 3.76. The van der Waals surface area contributed by atoms with Gasteiger partial charge in [0.1, 0.15) is 0 Å². The van der Waals surface area contributed by atoms with Crippen molar-refractivity contribution in [2.45, 2.75) is 39.8 Å². The van der Waals surface area contributed by atoms with Crippen molar-refractivity contribution < 1.29 is 4.74 Å². The Morgan fingerprint density at radius 3 is 2.43 bits per heavy atom. The number of nitrogens with zero attached hydrogens (tertiary/aromatic N) is 2. The van der Waals surface area contributed by atoms with Crippen LogP contribution >= 0.6 is 0 Å². The second-order valence-corrected chi connectivity index (χ2v) is 5.70. The molecule has 0 radical (unpaired) electrons. The number of benzene rings is 1. The summed E-state index contributed by atoms with van der Waals surface area (Å²) < 4.78 is 7.18. The number of aromatic nitrogens is 2. The normalized spacial score (nSPS) is 11.1. The van der Waals surface area contributed by atoms with Crippen LogP contribution in [0.3, 0.4) is 0 Å². The average molecular weight is 287 g/mol. The molecule has 2 aromatic rings. The predicted octanol–water partition coefficient (Wildman–Crippen LogP) is 3.15. The van der Waals surface area contributed by atoms with Crippen molar-refractivity contribution in [2.24, 2.45) is 7.05 Å². The Hall–Kier alpha value is -1.81. The lowest BCUT2D eigenvalue weighted by Crippen LogP contribution is -2.13. The summed E-state index contributed by atoms with van der Waals surface area (Å²) in [6, 6.07) is 8.79. The van der Waals surface area contributed by atoms with Crippen molar-refractivity contribution in [3.05, 3.63) is 46.6 Å². The summed E-state index contributed by atoms with van der Waals surface area (Å²) in [6.07, 6.45) is 0. The van der Waals surface area contributed by atoms with Crippen molar-refractivity contribution in [1.82, 2.24) is 15.1 Å². The van der Waals surface area contributed by atoms with E-state index in [1.165, 1.54) is 11.1 Å². The minimum absolute atomic E-state index is 0.578. The van der Waals surface area contributed by atoms with Crippen LogP contribution in [-0.2, 0) is 20.1 Å². The minimum Gasteiger partial charge on any atom is -0.481 e. The lowest BCUT2D eigenvalue weighted by Gasteiger charge is -2.09. The first-order valence-electron chi connectivity index (χ1n) is 7.39. The summed E-state index contributed by atoms with van der Waals surface area (Å²) in [4.78, 5) is 0. The van der Waals surface area contributed by atoms with Crippen LogP contribution in [-0.4, -0.2) is 16.9 Å². The monoisotopic (exact) mass is 287 g/mol. The Morgan fingerprint density at radius 1 is 1.19 bits per heavy atom. The lowest BCUT2D eigenvalue weighted by molar-refractivity contribution is 0.368. The van der Waals surface area contributed by atoms with Crippen LogP contribution < -0.4 is 10.1 Å². The van der Waals surface area contributed by atoms with Crippen molar-refractivity contribution >= 4 is 0 Å². The zero-order valence-corrected chi connectivity index (χ0v) is 13.6. The molecule has 1 heterocycles. The van der Waals surface area contributed by atoms with Crippen LogP contribution in [0.15, 0.2) is 24.3 Å². The second-order valence-electron chi connectivity index (χ2n) is 5.70. The molecule has 0 amide bonds. The molecule has 2 rings (SSSR count). The molecular weight excluding hydrogens is 262 g/mol. The zero-order valence-electron chi connectivity index (χ0n) is 13.6. The number of ether oxygens (including phenoxy) is 1. The topological polar surface area (TPSA) is 39.1 Å². The number of rotatable bonds is 6. The maximum Gasteiger partial charge on any atom is 0.216 e. The molecule has 0 unspecified atom stereocenters. The van der Waals surface area contributed by atoms with Crippen LogP contribution in [0.5, 0.6) is 5.88 Å². The van der Waals surface area contributed by atoms with Crippen molar-refractivity contribution in [3.63, 3.8) is 0 Å². The van der Waals surface area contributed by atoms with Crippen molar-refractivity contribution in [1.29, 1.82) is 0 Å². The van der Waals surface area contributed by atoms with Crippen LogP contribution in [0.1, 0.15) is 42.1 Å². The van der Waals surface area contributed by atoms with E-state index in [2.05, 4.69) is 48.5 Å². The molecule has 0 saturated carbocycles. The average Bonchev–Trinajstić information content (AvgIpc) is 2.73. The number of aryl methyl sites for hydroxylation is 2. The molecular formula is C17H25N3O. The molecule has 0 spiro atoms. The quantitative estimate of drug-likeness (QED) is 0.887. The molecule has 4 heteroatoms. The highest BCUT2D eigenvalue weighted by atomic mass is 16.5. The Labute approximate surface area is 127 Å². The van der Waals surface area contributed by atoms with Gasteiger partial charge in [-0.15, -0.1) is 0 Å². The summed E-state index contributed by atoms with van der Waals surface area (Å²) in [5.74, 6) is 1.41. The fourth-order valence-corrected chi connectivity index (χ4v) is 2.49. The molecule has 0 aliphatic heterocycles. The Balaban J connectivity index is 1.95. The standard InChI is InChI=1S/C17H25N3O/c1-12(2)15-8-6-14(7-9-15)10-18-11-16-13(3)19-20(4)17(16)21-5/h6-9,12,18H,10-11H2,1-5H3. The van der Waals surface area contributed by atoms with E-state index in [1.54, 1.807) is 11.8 Å². The van der Waals surface area contributed by atoms with Crippen molar-refractivity contribution in [3.8, 4) is 5.88 Å². The molecule has 0 bridgehead atoms. The maximum absolute atomic E-state index is 5.40. The largest absolute Gasteiger partial charge is 0.481 e. The Bertz CT molecular complexity index is 585. The second kappa shape index (κ2) is 6.76. The van der Waals surface area contributed by atoms with Gasteiger partial charge in [-0.05, 0) is 24.0 Å². The Kier molecular flexibility index (Phi) is 5.02. The fourth-order valence-electron chi connectivity index (χ4n) is 2.49. The SMILES string of the molecule is COc1c(CNCc2ccc(C(C)C)cc2)c(C)nn1C. The van der Waals surface area contributed by atoms with Crippen LogP contribution in [0.25, 0.3) is 0 Å². The molecule has 0 aliphatic rings. The van der Waals surface area contributed by atoms with Crippen LogP contribution in [0, 0.1) is 6.92 Å². The molecule has 114 valence electrons. The molecule has 0 saturated heterocycles. The number of hydrogen-bond donors (Lipinski definition) is 1. The van der Waals surface area contributed by atoms with Gasteiger partial charge in [0.05, 0.1) is 18.4 Å². The zero-order chi connectivity index (χ0) is 15.4. The van der Waals surface area contributed by atoms with E-state index < -0.39 is 0 Å². The van der Waals surface area contributed by atoms with E-state index >= 15 is 0 Å². The fraction of sp³-hybridized carbons (Fsp3) is 0.471. The maximum atomic E-state index is 5.40. The molecule has 4 nitrogen and oxygen atoms in total. The van der Waals surface area contributed by atoms with Gasteiger partial charge < -0.3 is 10.1 Å². The van der Waals surface area contributed by atoms with E-state index in [1.807, 2.05) is 14.0 Å².